The van der Waals surface area contributed by atoms with Gasteiger partial charge in [-0.05, 0) is 30.7 Å². The molecule has 0 amide bonds. The van der Waals surface area contributed by atoms with Gasteiger partial charge in [0.25, 0.3) is 11.8 Å². The van der Waals surface area contributed by atoms with Crippen molar-refractivity contribution in [2.75, 3.05) is 24.6 Å². The summed E-state index contributed by atoms with van der Waals surface area (Å²) in [5, 5.41) is 0. The summed E-state index contributed by atoms with van der Waals surface area (Å²) in [6.45, 7) is 2.81. The molecule has 2 aliphatic rings. The third kappa shape index (κ3) is 4.42. The molecular formula is C21H24F3N3O2. The average molecular weight is 407 g/mol. The molecule has 2 heterocycles. The lowest BCUT2D eigenvalue weighted by atomic mass is 10.1. The summed E-state index contributed by atoms with van der Waals surface area (Å²) in [6.07, 6.45) is 1.87. The number of nitrogens with zero attached hydrogens (tertiary/aromatic N) is 2. The first-order valence-corrected chi connectivity index (χ1v) is 9.76. The van der Waals surface area contributed by atoms with Crippen LogP contribution in [0.3, 0.4) is 0 Å². The Bertz CT molecular complexity index is 861. The number of hydrogen-bond acceptors (Lipinski definition) is 5. The van der Waals surface area contributed by atoms with Gasteiger partial charge in [-0.15, -0.1) is 0 Å². The molecule has 1 aromatic heterocycles. The standard InChI is InChI=1S/C21H24F3N3O2/c1-13(25)14-2-4-16(5-3-14)29-17-7-9-27(11-17)18-6-8-26-20(19(18)22)28-12-15-10-21(15,23)24/h2-6,8,13,15,17H,7,9-12,25H2,1H3/t13-,15?,17+/m0/s1. The summed E-state index contributed by atoms with van der Waals surface area (Å²) < 4.78 is 52.0. The highest BCUT2D eigenvalue weighted by molar-refractivity contribution is 5.51. The maximum atomic E-state index is 14.8. The maximum absolute atomic E-state index is 14.8. The lowest BCUT2D eigenvalue weighted by molar-refractivity contribution is 0.0842. The Labute approximate surface area is 167 Å². The summed E-state index contributed by atoms with van der Waals surface area (Å²) in [5.74, 6) is -3.68. The number of pyridine rings is 1. The minimum Gasteiger partial charge on any atom is -0.489 e. The van der Waals surface area contributed by atoms with Crippen LogP contribution >= 0.6 is 0 Å². The fourth-order valence-electron chi connectivity index (χ4n) is 3.48. The van der Waals surface area contributed by atoms with Crippen LogP contribution in [0.2, 0.25) is 0 Å². The Morgan fingerprint density at radius 3 is 2.66 bits per heavy atom. The second-order valence-electron chi connectivity index (χ2n) is 7.75. The highest BCUT2D eigenvalue weighted by Gasteiger charge is 2.57. The predicted octanol–water partition coefficient (Wildman–Crippen LogP) is 3.93. The number of halogens is 3. The number of aromatic nitrogens is 1. The Morgan fingerprint density at radius 1 is 1.28 bits per heavy atom. The second kappa shape index (κ2) is 7.74. The van der Waals surface area contributed by atoms with Crippen LogP contribution in [-0.2, 0) is 0 Å². The zero-order valence-corrected chi connectivity index (χ0v) is 16.2. The van der Waals surface area contributed by atoms with E-state index in [1.54, 1.807) is 6.07 Å². The van der Waals surface area contributed by atoms with Gasteiger partial charge in [0, 0.05) is 31.6 Å². The number of ether oxygens (including phenoxy) is 2. The van der Waals surface area contributed by atoms with Gasteiger partial charge in [0.05, 0.1) is 24.8 Å². The molecule has 1 aliphatic carbocycles. The summed E-state index contributed by atoms with van der Waals surface area (Å²) in [4.78, 5) is 5.71. The number of rotatable bonds is 7. The predicted molar refractivity (Wildman–Crippen MR) is 103 cm³/mol. The van der Waals surface area contributed by atoms with Crippen LogP contribution in [0.5, 0.6) is 11.6 Å². The SMILES string of the molecule is C[C@H](N)c1ccc(O[C@@H]2CCN(c3ccnc(OCC4CC4(F)F)c3F)C2)cc1. The second-order valence-corrected chi connectivity index (χ2v) is 7.75. The van der Waals surface area contributed by atoms with Gasteiger partial charge in [-0.2, -0.15) is 4.39 Å². The van der Waals surface area contributed by atoms with Crippen LogP contribution in [0, 0.1) is 11.7 Å². The Hall–Kier alpha value is -2.48. The van der Waals surface area contributed by atoms with E-state index in [2.05, 4.69) is 4.98 Å². The Kier molecular flexibility index (Phi) is 5.29. The third-order valence-electron chi connectivity index (χ3n) is 5.41. The van der Waals surface area contributed by atoms with E-state index in [0.717, 1.165) is 17.7 Å². The first kappa shape index (κ1) is 19.8. The Morgan fingerprint density at radius 2 is 2.00 bits per heavy atom. The molecule has 2 N–H and O–H groups in total. The van der Waals surface area contributed by atoms with Crippen LogP contribution < -0.4 is 20.1 Å². The number of benzene rings is 1. The van der Waals surface area contributed by atoms with E-state index in [4.69, 9.17) is 15.2 Å². The molecule has 2 fully saturated rings. The lowest BCUT2D eigenvalue weighted by Crippen LogP contribution is -2.25. The summed E-state index contributed by atoms with van der Waals surface area (Å²) in [7, 11) is 0. The van der Waals surface area contributed by atoms with Gasteiger partial charge >= 0.3 is 0 Å². The normalized spacial score (nSPS) is 23.7. The van der Waals surface area contributed by atoms with E-state index in [1.807, 2.05) is 36.1 Å². The fraction of sp³-hybridized carbons (Fsp3) is 0.476. The highest BCUT2D eigenvalue weighted by atomic mass is 19.3. The minimum atomic E-state index is -2.70. The molecule has 1 saturated heterocycles. The number of anilines is 1. The van der Waals surface area contributed by atoms with Crippen LogP contribution in [0.25, 0.3) is 0 Å². The van der Waals surface area contributed by atoms with Crippen molar-refractivity contribution >= 4 is 5.69 Å². The first-order chi connectivity index (χ1) is 13.8. The van der Waals surface area contributed by atoms with Gasteiger partial charge in [0.2, 0.25) is 5.82 Å². The van der Waals surface area contributed by atoms with Crippen molar-refractivity contribution in [1.29, 1.82) is 0 Å². The first-order valence-electron chi connectivity index (χ1n) is 9.76. The van der Waals surface area contributed by atoms with Gasteiger partial charge in [0.1, 0.15) is 11.9 Å². The topological polar surface area (TPSA) is 60.6 Å². The number of hydrogen-bond donors (Lipinski definition) is 1. The Balaban J connectivity index is 1.36. The molecule has 2 aromatic rings. The maximum Gasteiger partial charge on any atom is 0.255 e. The van der Waals surface area contributed by atoms with Gasteiger partial charge < -0.3 is 20.1 Å². The zero-order chi connectivity index (χ0) is 20.6. The smallest absolute Gasteiger partial charge is 0.255 e. The van der Waals surface area contributed by atoms with E-state index in [0.29, 0.717) is 18.8 Å². The third-order valence-corrected chi connectivity index (χ3v) is 5.41. The summed E-state index contributed by atoms with van der Waals surface area (Å²) >= 11 is 0. The van der Waals surface area contributed by atoms with Crippen molar-refractivity contribution in [3.63, 3.8) is 0 Å². The largest absolute Gasteiger partial charge is 0.489 e. The van der Waals surface area contributed by atoms with Crippen LogP contribution in [0.1, 0.15) is 31.4 Å². The molecule has 8 heteroatoms. The van der Waals surface area contributed by atoms with E-state index in [9.17, 15) is 13.2 Å². The van der Waals surface area contributed by atoms with E-state index < -0.39 is 17.7 Å². The molecule has 1 saturated carbocycles. The molecule has 1 aromatic carbocycles. The molecule has 5 nitrogen and oxygen atoms in total. The molecule has 156 valence electrons. The minimum absolute atomic E-state index is 0.0387. The van der Waals surface area contributed by atoms with Crippen LogP contribution in [-0.4, -0.2) is 36.7 Å². The van der Waals surface area contributed by atoms with Crippen molar-refractivity contribution in [3.8, 4) is 11.6 Å². The molecule has 0 bridgehead atoms. The molecule has 1 aliphatic heterocycles. The van der Waals surface area contributed by atoms with Crippen molar-refractivity contribution < 1.29 is 22.6 Å². The van der Waals surface area contributed by atoms with Gasteiger partial charge in [0.15, 0.2) is 0 Å². The van der Waals surface area contributed by atoms with Gasteiger partial charge in [-0.3, -0.25) is 0 Å². The summed E-state index contributed by atoms with van der Waals surface area (Å²) in [5.41, 5.74) is 7.23. The fourth-order valence-corrected chi connectivity index (χ4v) is 3.48. The van der Waals surface area contributed by atoms with Gasteiger partial charge in [-0.25, -0.2) is 13.8 Å². The van der Waals surface area contributed by atoms with Crippen molar-refractivity contribution in [3.05, 3.63) is 47.9 Å². The molecule has 0 radical (unpaired) electrons. The molecule has 4 rings (SSSR count). The van der Waals surface area contributed by atoms with Crippen molar-refractivity contribution in [2.24, 2.45) is 11.7 Å². The average Bonchev–Trinajstić information content (AvgIpc) is 3.07. The lowest BCUT2D eigenvalue weighted by Gasteiger charge is -2.20. The molecule has 3 atom stereocenters. The van der Waals surface area contributed by atoms with E-state index in [-0.39, 0.29) is 31.1 Å². The number of alkyl halides is 2. The monoisotopic (exact) mass is 407 g/mol. The van der Waals surface area contributed by atoms with E-state index >= 15 is 0 Å². The molecule has 29 heavy (non-hydrogen) atoms. The van der Waals surface area contributed by atoms with E-state index in [1.165, 1.54) is 6.20 Å². The highest BCUT2D eigenvalue weighted by Crippen LogP contribution is 2.48. The zero-order valence-electron chi connectivity index (χ0n) is 16.2. The molecule has 0 spiro atoms. The molecular weight excluding hydrogens is 383 g/mol. The quantitative estimate of drug-likeness (QED) is 0.754. The van der Waals surface area contributed by atoms with Crippen molar-refractivity contribution in [2.45, 2.75) is 37.8 Å². The van der Waals surface area contributed by atoms with Gasteiger partial charge in [-0.1, -0.05) is 12.1 Å². The van der Waals surface area contributed by atoms with Crippen molar-refractivity contribution in [1.82, 2.24) is 4.98 Å². The van der Waals surface area contributed by atoms with Crippen LogP contribution in [0.4, 0.5) is 18.9 Å². The number of nitrogens with two attached hydrogens (primary N) is 1. The van der Waals surface area contributed by atoms with Crippen LogP contribution in [0.15, 0.2) is 36.5 Å². The summed E-state index contributed by atoms with van der Waals surface area (Å²) in [6, 6.07) is 9.16. The molecule has 1 unspecified atom stereocenters.